The first-order valence-corrected chi connectivity index (χ1v) is 5.98. The predicted molar refractivity (Wildman–Crippen MR) is 70.3 cm³/mol. The zero-order chi connectivity index (χ0) is 11.3. The summed E-state index contributed by atoms with van der Waals surface area (Å²) >= 11 is 6.87. The lowest BCUT2D eigenvalue weighted by Gasteiger charge is -2.10. The molecule has 0 aliphatic heterocycles. The largest absolute Gasteiger partial charge is 0.495 e. The monoisotopic (exact) mass is 331 g/mol. The van der Waals surface area contributed by atoms with Crippen molar-refractivity contribution in [1.29, 1.82) is 0 Å². The van der Waals surface area contributed by atoms with E-state index in [9.17, 15) is 0 Å². The summed E-state index contributed by atoms with van der Waals surface area (Å²) in [4.78, 5) is 0. The van der Waals surface area contributed by atoms with E-state index in [1.54, 1.807) is 7.11 Å². The molecule has 0 heterocycles. The van der Waals surface area contributed by atoms with E-state index in [2.05, 4.69) is 43.1 Å². The van der Waals surface area contributed by atoms with Gasteiger partial charge in [0.25, 0.3) is 0 Å². The molecule has 0 spiro atoms. The smallest absolute Gasteiger partial charge is 0.135 e. The van der Waals surface area contributed by atoms with Gasteiger partial charge in [-0.15, -0.1) is 12.3 Å². The third-order valence-electron chi connectivity index (χ3n) is 1.83. The molecule has 0 saturated heterocycles. The highest BCUT2D eigenvalue weighted by atomic mass is 79.9. The average molecular weight is 333 g/mol. The number of rotatable bonds is 4. The van der Waals surface area contributed by atoms with Crippen molar-refractivity contribution in [2.45, 2.75) is 6.42 Å². The molecule has 0 aromatic heterocycles. The van der Waals surface area contributed by atoms with Gasteiger partial charge in [-0.25, -0.2) is 0 Å². The number of hydrogen-bond donors (Lipinski definition) is 1. The van der Waals surface area contributed by atoms with E-state index in [-0.39, 0.29) is 0 Å². The fourth-order valence-electron chi connectivity index (χ4n) is 1.09. The maximum atomic E-state index is 5.20. The highest BCUT2D eigenvalue weighted by molar-refractivity contribution is 9.11. The first-order valence-electron chi connectivity index (χ1n) is 4.39. The summed E-state index contributed by atoms with van der Waals surface area (Å²) in [6.45, 7) is 0.750. The molecule has 0 fully saturated rings. The van der Waals surface area contributed by atoms with Crippen LogP contribution in [0.3, 0.4) is 0 Å². The van der Waals surface area contributed by atoms with E-state index in [0.29, 0.717) is 6.42 Å². The summed E-state index contributed by atoms with van der Waals surface area (Å²) < 4.78 is 7.09. The van der Waals surface area contributed by atoms with E-state index in [1.165, 1.54) is 0 Å². The Morgan fingerprint density at radius 3 is 2.73 bits per heavy atom. The highest BCUT2D eigenvalue weighted by Gasteiger charge is 2.06. The van der Waals surface area contributed by atoms with Crippen molar-refractivity contribution in [2.24, 2.45) is 0 Å². The summed E-state index contributed by atoms with van der Waals surface area (Å²) in [7, 11) is 1.64. The molecule has 0 atom stereocenters. The Bertz CT molecular complexity index is 385. The van der Waals surface area contributed by atoms with Gasteiger partial charge in [0.2, 0.25) is 0 Å². The molecule has 80 valence electrons. The molecule has 1 N–H and O–H groups in total. The quantitative estimate of drug-likeness (QED) is 0.671. The molecule has 0 aliphatic rings. The molecule has 2 nitrogen and oxygen atoms in total. The predicted octanol–water partition coefficient (Wildman–Crippen LogP) is 3.66. The molecular formula is C11H11Br2NO. The maximum absolute atomic E-state index is 5.20. The second-order valence-corrected chi connectivity index (χ2v) is 4.56. The van der Waals surface area contributed by atoms with Crippen molar-refractivity contribution in [2.75, 3.05) is 19.0 Å². The molecule has 15 heavy (non-hydrogen) atoms. The van der Waals surface area contributed by atoms with Crippen LogP contribution in [0.2, 0.25) is 0 Å². The van der Waals surface area contributed by atoms with Gasteiger partial charge in [0, 0.05) is 23.5 Å². The van der Waals surface area contributed by atoms with Gasteiger partial charge >= 0.3 is 0 Å². The summed E-state index contributed by atoms with van der Waals surface area (Å²) in [5.74, 6) is 3.37. The molecule has 0 radical (unpaired) electrons. The zero-order valence-electron chi connectivity index (χ0n) is 8.31. The molecule has 4 heteroatoms. The van der Waals surface area contributed by atoms with Crippen molar-refractivity contribution in [3.8, 4) is 18.1 Å². The number of methoxy groups -OCH3 is 1. The normalized spacial score (nSPS) is 9.47. The molecule has 0 amide bonds. The molecule has 1 aromatic carbocycles. The number of terminal acetylenes is 1. The van der Waals surface area contributed by atoms with Gasteiger partial charge in [-0.05, 0) is 37.9 Å². The molecule has 0 saturated carbocycles. The van der Waals surface area contributed by atoms with Crippen LogP contribution < -0.4 is 10.1 Å². The minimum Gasteiger partial charge on any atom is -0.495 e. The van der Waals surface area contributed by atoms with Crippen molar-refractivity contribution in [1.82, 2.24) is 0 Å². The lowest BCUT2D eigenvalue weighted by molar-refractivity contribution is 0.412. The van der Waals surface area contributed by atoms with Crippen molar-refractivity contribution < 1.29 is 4.74 Å². The second-order valence-electron chi connectivity index (χ2n) is 2.85. The Morgan fingerprint density at radius 1 is 1.40 bits per heavy atom. The van der Waals surface area contributed by atoms with Gasteiger partial charge in [-0.1, -0.05) is 0 Å². The standard InChI is InChI=1S/C11H11Br2NO/c1-3-4-5-14-10-7-11(15-2)9(13)6-8(10)12/h1,6-7,14H,4-5H2,2H3. The summed E-state index contributed by atoms with van der Waals surface area (Å²) in [6, 6.07) is 3.86. The third kappa shape index (κ3) is 3.44. The summed E-state index contributed by atoms with van der Waals surface area (Å²) in [6.07, 6.45) is 5.88. The van der Waals surface area contributed by atoms with Gasteiger partial charge in [0.15, 0.2) is 0 Å². The Hall–Kier alpha value is -0.660. The molecule has 0 bridgehead atoms. The SMILES string of the molecule is C#CCCNc1cc(OC)c(Br)cc1Br. The van der Waals surface area contributed by atoms with Crippen LogP contribution in [0.1, 0.15) is 6.42 Å². The van der Waals surface area contributed by atoms with Crippen LogP contribution >= 0.6 is 31.9 Å². The van der Waals surface area contributed by atoms with Crippen LogP contribution in [0.25, 0.3) is 0 Å². The summed E-state index contributed by atoms with van der Waals surface area (Å²) in [5, 5.41) is 3.23. The van der Waals surface area contributed by atoms with Crippen molar-refractivity contribution in [3.05, 3.63) is 21.1 Å². The number of benzene rings is 1. The van der Waals surface area contributed by atoms with Crippen LogP contribution in [-0.2, 0) is 0 Å². The van der Waals surface area contributed by atoms with Gasteiger partial charge in [-0.2, -0.15) is 0 Å². The first-order chi connectivity index (χ1) is 7.19. The van der Waals surface area contributed by atoms with Gasteiger partial charge < -0.3 is 10.1 Å². The van der Waals surface area contributed by atoms with Gasteiger partial charge in [-0.3, -0.25) is 0 Å². The maximum Gasteiger partial charge on any atom is 0.135 e. The van der Waals surface area contributed by atoms with Gasteiger partial charge in [0.05, 0.1) is 17.3 Å². The molecule has 1 rings (SSSR count). The minimum atomic E-state index is 0.699. The van der Waals surface area contributed by atoms with E-state index < -0.39 is 0 Å². The average Bonchev–Trinajstić information content (AvgIpc) is 2.21. The van der Waals surface area contributed by atoms with Crippen LogP contribution in [0.4, 0.5) is 5.69 Å². The van der Waals surface area contributed by atoms with Crippen LogP contribution in [-0.4, -0.2) is 13.7 Å². The Balaban J connectivity index is 2.83. The van der Waals surface area contributed by atoms with Crippen LogP contribution in [0, 0.1) is 12.3 Å². The van der Waals surface area contributed by atoms with Crippen LogP contribution in [0.15, 0.2) is 21.1 Å². The highest BCUT2D eigenvalue weighted by Crippen LogP contribution is 2.34. The summed E-state index contributed by atoms with van der Waals surface area (Å²) in [5.41, 5.74) is 0.977. The first kappa shape index (κ1) is 12.4. The van der Waals surface area contributed by atoms with Crippen LogP contribution in [0.5, 0.6) is 5.75 Å². The molecule has 0 unspecified atom stereocenters. The lowest BCUT2D eigenvalue weighted by Crippen LogP contribution is -2.01. The van der Waals surface area contributed by atoms with E-state index in [0.717, 1.165) is 26.9 Å². The number of ether oxygens (including phenoxy) is 1. The number of halogens is 2. The number of anilines is 1. The van der Waals surface area contributed by atoms with Crippen molar-refractivity contribution in [3.63, 3.8) is 0 Å². The Kier molecular flexibility index (Phi) is 5.00. The number of hydrogen-bond acceptors (Lipinski definition) is 2. The Labute approximate surface area is 107 Å². The fourth-order valence-corrected chi connectivity index (χ4v) is 2.39. The third-order valence-corrected chi connectivity index (χ3v) is 3.10. The topological polar surface area (TPSA) is 21.3 Å². The Morgan fingerprint density at radius 2 is 2.13 bits per heavy atom. The van der Waals surface area contributed by atoms with Gasteiger partial charge in [0.1, 0.15) is 5.75 Å². The zero-order valence-corrected chi connectivity index (χ0v) is 11.5. The van der Waals surface area contributed by atoms with E-state index >= 15 is 0 Å². The second kappa shape index (κ2) is 6.04. The molecule has 0 aliphatic carbocycles. The number of nitrogens with one attached hydrogen (secondary N) is 1. The fraction of sp³-hybridized carbons (Fsp3) is 0.273. The minimum absolute atomic E-state index is 0.699. The molecule has 1 aromatic rings. The van der Waals surface area contributed by atoms with E-state index in [1.807, 2.05) is 12.1 Å². The van der Waals surface area contributed by atoms with Crippen molar-refractivity contribution >= 4 is 37.5 Å². The molecular weight excluding hydrogens is 322 g/mol. The lowest BCUT2D eigenvalue weighted by atomic mass is 10.3. The van der Waals surface area contributed by atoms with E-state index in [4.69, 9.17) is 11.2 Å².